The normalized spacial score (nSPS) is 13.7. The van der Waals surface area contributed by atoms with Crippen molar-refractivity contribution in [1.82, 2.24) is 4.98 Å². The van der Waals surface area contributed by atoms with E-state index in [1.54, 1.807) is 0 Å². The molecule has 1 aromatic heterocycles. The molecule has 0 atom stereocenters. The number of hydrogen-bond donors (Lipinski definition) is 0. The molecule has 0 saturated carbocycles. The van der Waals surface area contributed by atoms with Gasteiger partial charge in [0.2, 0.25) is 0 Å². The molecule has 140 valence electrons. The van der Waals surface area contributed by atoms with Crippen LogP contribution in [0.15, 0.2) is 18.2 Å². The maximum atomic E-state index is 6.02. The minimum atomic E-state index is 0.549. The number of rotatable bonds is 5. The van der Waals surface area contributed by atoms with Gasteiger partial charge < -0.3 is 14.5 Å². The lowest BCUT2D eigenvalue weighted by molar-refractivity contribution is 0.116. The van der Waals surface area contributed by atoms with Gasteiger partial charge in [-0.2, -0.15) is 0 Å². The van der Waals surface area contributed by atoms with Gasteiger partial charge in [0.05, 0.1) is 12.3 Å². The largest absolute Gasteiger partial charge is 0.371 e. The number of fused-ring (bicyclic) bond motifs is 1. The van der Waals surface area contributed by atoms with Crippen molar-refractivity contribution < 1.29 is 4.74 Å². The predicted molar refractivity (Wildman–Crippen MR) is 110 cm³/mol. The van der Waals surface area contributed by atoms with Crippen LogP contribution in [-0.4, -0.2) is 24.8 Å². The summed E-state index contributed by atoms with van der Waals surface area (Å²) in [6.45, 7) is 16.2. The van der Waals surface area contributed by atoms with Crippen LogP contribution in [0, 0.1) is 27.7 Å². The molecule has 1 aliphatic heterocycles. The van der Waals surface area contributed by atoms with Crippen molar-refractivity contribution in [2.75, 3.05) is 29.6 Å². The van der Waals surface area contributed by atoms with Crippen LogP contribution in [0.1, 0.15) is 48.2 Å². The van der Waals surface area contributed by atoms with E-state index in [0.717, 1.165) is 31.0 Å². The fraction of sp³-hybridized carbons (Fsp3) is 0.500. The van der Waals surface area contributed by atoms with Crippen LogP contribution in [0.5, 0.6) is 0 Å². The van der Waals surface area contributed by atoms with E-state index in [4.69, 9.17) is 9.72 Å². The van der Waals surface area contributed by atoms with E-state index in [1.165, 1.54) is 33.6 Å². The molecule has 0 saturated heterocycles. The van der Waals surface area contributed by atoms with Crippen molar-refractivity contribution in [2.45, 2.75) is 54.6 Å². The highest BCUT2D eigenvalue weighted by atomic mass is 16.5. The Kier molecular flexibility index (Phi) is 5.52. The number of anilines is 3. The molecular formula is C22H31N3O. The van der Waals surface area contributed by atoms with Crippen molar-refractivity contribution in [3.8, 4) is 0 Å². The van der Waals surface area contributed by atoms with Gasteiger partial charge in [0.25, 0.3) is 0 Å². The van der Waals surface area contributed by atoms with Crippen LogP contribution < -0.4 is 9.80 Å². The van der Waals surface area contributed by atoms with E-state index in [-0.39, 0.29) is 0 Å². The van der Waals surface area contributed by atoms with E-state index in [0.29, 0.717) is 13.3 Å². The second kappa shape index (κ2) is 7.67. The van der Waals surface area contributed by atoms with Gasteiger partial charge in [0.1, 0.15) is 12.5 Å². The average molecular weight is 354 g/mol. The lowest BCUT2D eigenvalue weighted by Gasteiger charge is -2.36. The summed E-state index contributed by atoms with van der Waals surface area (Å²) in [5.41, 5.74) is 8.58. The van der Waals surface area contributed by atoms with E-state index >= 15 is 0 Å². The predicted octanol–water partition coefficient (Wildman–Crippen LogP) is 5.18. The molecule has 4 heteroatoms. The third-order valence-electron chi connectivity index (χ3n) is 5.05. The van der Waals surface area contributed by atoms with Crippen LogP contribution in [-0.2, 0) is 11.3 Å². The number of benzene rings is 1. The molecule has 0 bridgehead atoms. The molecule has 0 fully saturated rings. The Balaban J connectivity index is 2.15. The molecule has 2 heterocycles. The second-order valence-electron chi connectivity index (χ2n) is 7.32. The first-order valence-corrected chi connectivity index (χ1v) is 9.64. The first-order valence-electron chi connectivity index (χ1n) is 9.64. The minimum absolute atomic E-state index is 0.549. The molecule has 4 nitrogen and oxygen atoms in total. The first kappa shape index (κ1) is 18.7. The van der Waals surface area contributed by atoms with Crippen LogP contribution in [0.25, 0.3) is 0 Å². The van der Waals surface area contributed by atoms with Crippen molar-refractivity contribution in [3.05, 3.63) is 46.1 Å². The Bertz CT molecular complexity index is 777. The fourth-order valence-electron chi connectivity index (χ4n) is 4.10. The molecule has 0 unspecified atom stereocenters. The van der Waals surface area contributed by atoms with Crippen molar-refractivity contribution >= 4 is 17.2 Å². The van der Waals surface area contributed by atoms with Gasteiger partial charge in [-0.15, -0.1) is 0 Å². The minimum Gasteiger partial charge on any atom is -0.371 e. The van der Waals surface area contributed by atoms with Crippen LogP contribution >= 0.6 is 0 Å². The summed E-state index contributed by atoms with van der Waals surface area (Å²) in [5.74, 6) is 1.05. The van der Waals surface area contributed by atoms with Crippen LogP contribution in [0.2, 0.25) is 0 Å². The molecule has 2 aromatic rings. The molecule has 0 spiro atoms. The summed E-state index contributed by atoms with van der Waals surface area (Å²) in [4.78, 5) is 9.62. The molecule has 26 heavy (non-hydrogen) atoms. The van der Waals surface area contributed by atoms with Gasteiger partial charge in [0, 0.05) is 30.0 Å². The lowest BCUT2D eigenvalue weighted by Crippen LogP contribution is -2.32. The second-order valence-corrected chi connectivity index (χ2v) is 7.32. The molecular weight excluding hydrogens is 322 g/mol. The maximum absolute atomic E-state index is 6.02. The Labute approximate surface area is 157 Å². The summed E-state index contributed by atoms with van der Waals surface area (Å²) in [7, 11) is 0. The number of aromatic nitrogens is 1. The smallest absolute Gasteiger partial charge is 0.142 e. The van der Waals surface area contributed by atoms with Gasteiger partial charge >= 0.3 is 0 Å². The maximum Gasteiger partial charge on any atom is 0.142 e. The van der Waals surface area contributed by atoms with Gasteiger partial charge in [-0.3, -0.25) is 0 Å². The molecule has 0 N–H and O–H groups in total. The monoisotopic (exact) mass is 353 g/mol. The zero-order chi connectivity index (χ0) is 18.8. The quantitative estimate of drug-likeness (QED) is 0.741. The molecule has 0 aliphatic carbocycles. The first-order chi connectivity index (χ1) is 12.5. The van der Waals surface area contributed by atoms with Gasteiger partial charge in [-0.05, 0) is 58.2 Å². The van der Waals surface area contributed by atoms with Gasteiger partial charge in [-0.25, -0.2) is 4.98 Å². The highest BCUT2D eigenvalue weighted by Gasteiger charge is 2.27. The highest BCUT2D eigenvalue weighted by molar-refractivity contribution is 5.75. The highest BCUT2D eigenvalue weighted by Crippen LogP contribution is 2.39. The third kappa shape index (κ3) is 3.43. The fourth-order valence-corrected chi connectivity index (χ4v) is 4.10. The molecule has 1 aromatic carbocycles. The summed E-state index contributed by atoms with van der Waals surface area (Å²) < 4.78 is 6.02. The molecule has 1 aliphatic rings. The Morgan fingerprint density at radius 2 is 1.77 bits per heavy atom. The van der Waals surface area contributed by atoms with E-state index in [9.17, 15) is 0 Å². The van der Waals surface area contributed by atoms with Crippen LogP contribution in [0.4, 0.5) is 17.2 Å². The zero-order valence-corrected chi connectivity index (χ0v) is 17.0. The number of hydrogen-bond acceptors (Lipinski definition) is 4. The van der Waals surface area contributed by atoms with Gasteiger partial charge in [0.15, 0.2) is 0 Å². The van der Waals surface area contributed by atoms with E-state index in [2.05, 4.69) is 69.5 Å². The summed E-state index contributed by atoms with van der Waals surface area (Å²) in [6.07, 6.45) is 1.13. The summed E-state index contributed by atoms with van der Waals surface area (Å²) in [5, 5.41) is 0. The number of ether oxygens (including phenoxy) is 1. The van der Waals surface area contributed by atoms with Crippen molar-refractivity contribution in [3.63, 3.8) is 0 Å². The summed E-state index contributed by atoms with van der Waals surface area (Å²) >= 11 is 0. The number of pyridine rings is 1. The van der Waals surface area contributed by atoms with Gasteiger partial charge in [-0.1, -0.05) is 24.6 Å². The molecule has 0 radical (unpaired) electrons. The lowest BCUT2D eigenvalue weighted by atomic mass is 10.0. The average Bonchev–Trinajstić information content (AvgIpc) is 2.58. The third-order valence-corrected chi connectivity index (χ3v) is 5.05. The Morgan fingerprint density at radius 1 is 1.08 bits per heavy atom. The van der Waals surface area contributed by atoms with Crippen LogP contribution in [0.3, 0.4) is 0 Å². The Hall–Kier alpha value is -2.07. The zero-order valence-electron chi connectivity index (χ0n) is 17.0. The van der Waals surface area contributed by atoms with Crippen molar-refractivity contribution in [2.24, 2.45) is 0 Å². The number of nitrogens with zero attached hydrogens (tertiary/aromatic N) is 3. The number of aryl methyl sites for hydroxylation is 4. The SMILES string of the molecule is CCCN(CC)c1cc(C)nc2c1COCN2c1c(C)cc(C)cc1C. The topological polar surface area (TPSA) is 28.6 Å². The Morgan fingerprint density at radius 3 is 2.38 bits per heavy atom. The van der Waals surface area contributed by atoms with E-state index < -0.39 is 0 Å². The summed E-state index contributed by atoms with van der Waals surface area (Å²) in [6, 6.07) is 6.69. The van der Waals surface area contributed by atoms with Crippen molar-refractivity contribution in [1.29, 1.82) is 0 Å². The molecule has 0 amide bonds. The van der Waals surface area contributed by atoms with E-state index in [1.807, 2.05) is 0 Å². The standard InChI is InChI=1S/C22H31N3O/c1-7-9-24(8-2)20-12-18(6)23-22-19(20)13-26-14-25(22)21-16(4)10-15(3)11-17(21)5/h10-12H,7-9,13-14H2,1-6H3. The molecule has 3 rings (SSSR count).